The molecular formula is C15H22O4. The van der Waals surface area contributed by atoms with Crippen LogP contribution in [-0.4, -0.2) is 34.5 Å². The molecular weight excluding hydrogens is 244 g/mol. The monoisotopic (exact) mass is 266 g/mol. The molecule has 0 aromatic carbocycles. The van der Waals surface area contributed by atoms with E-state index < -0.39 is 5.97 Å². The molecule has 19 heavy (non-hydrogen) atoms. The molecule has 3 saturated carbocycles. The van der Waals surface area contributed by atoms with Crippen molar-refractivity contribution in [2.75, 3.05) is 13.2 Å². The molecule has 0 saturated heterocycles. The lowest BCUT2D eigenvalue weighted by Crippen LogP contribution is -2.48. The molecule has 0 aliphatic heterocycles. The van der Waals surface area contributed by atoms with Crippen LogP contribution in [0.25, 0.3) is 0 Å². The van der Waals surface area contributed by atoms with Gasteiger partial charge in [-0.3, -0.25) is 0 Å². The molecule has 3 N–H and O–H groups in total. The molecule has 5 atom stereocenters. The van der Waals surface area contributed by atoms with Crippen molar-refractivity contribution in [3.05, 3.63) is 12.2 Å². The molecule has 4 heteroatoms. The Morgan fingerprint density at radius 1 is 1.26 bits per heavy atom. The molecule has 0 radical (unpaired) electrons. The fraction of sp³-hybridized carbons (Fsp3) is 0.800. The quantitative estimate of drug-likeness (QED) is 0.673. The van der Waals surface area contributed by atoms with Crippen LogP contribution in [-0.2, 0) is 4.79 Å². The van der Waals surface area contributed by atoms with Crippen molar-refractivity contribution >= 4 is 5.97 Å². The van der Waals surface area contributed by atoms with Gasteiger partial charge >= 0.3 is 5.97 Å². The van der Waals surface area contributed by atoms with E-state index in [1.165, 1.54) is 6.08 Å². The number of aliphatic hydroxyl groups excluding tert-OH is 2. The highest BCUT2D eigenvalue weighted by Crippen LogP contribution is 2.74. The number of fused-ring (bicyclic) bond motifs is 5. The molecule has 3 rings (SSSR count). The minimum absolute atomic E-state index is 0.0728. The minimum atomic E-state index is -0.923. The van der Waals surface area contributed by atoms with Crippen LogP contribution in [0.4, 0.5) is 0 Å². The second-order valence-electron chi connectivity index (χ2n) is 6.59. The largest absolute Gasteiger partial charge is 0.478 e. The van der Waals surface area contributed by atoms with Gasteiger partial charge in [-0.1, -0.05) is 6.08 Å². The summed E-state index contributed by atoms with van der Waals surface area (Å²) >= 11 is 0. The fourth-order valence-corrected chi connectivity index (χ4v) is 5.71. The van der Waals surface area contributed by atoms with E-state index in [-0.39, 0.29) is 30.0 Å². The third-order valence-corrected chi connectivity index (χ3v) is 6.33. The van der Waals surface area contributed by atoms with Crippen LogP contribution in [0.15, 0.2) is 12.2 Å². The maximum absolute atomic E-state index is 10.9. The summed E-state index contributed by atoms with van der Waals surface area (Å²) in [6.45, 7) is 0.176. The third kappa shape index (κ3) is 1.50. The minimum Gasteiger partial charge on any atom is -0.478 e. The van der Waals surface area contributed by atoms with Gasteiger partial charge in [0.25, 0.3) is 0 Å². The summed E-state index contributed by atoms with van der Waals surface area (Å²) < 4.78 is 0. The standard InChI is InChI=1S/C15H22O4/c16-8-11-1-2-12-10-3-5-14(7-10,6-4-13(18)19)15(11,12)9-17/h4,6,10-12,16-17H,1-3,5,7-9H2,(H,18,19). The van der Waals surface area contributed by atoms with Crippen LogP contribution < -0.4 is 0 Å². The third-order valence-electron chi connectivity index (χ3n) is 6.33. The van der Waals surface area contributed by atoms with Crippen molar-refractivity contribution in [1.82, 2.24) is 0 Å². The maximum atomic E-state index is 10.9. The number of rotatable bonds is 4. The van der Waals surface area contributed by atoms with Crippen molar-refractivity contribution in [2.24, 2.45) is 28.6 Å². The molecule has 5 unspecified atom stereocenters. The summed E-state index contributed by atoms with van der Waals surface area (Å²) in [4.78, 5) is 10.9. The molecule has 4 nitrogen and oxygen atoms in total. The number of carboxylic acid groups (broad SMARTS) is 1. The molecule has 3 aliphatic rings. The van der Waals surface area contributed by atoms with Crippen LogP contribution in [0.2, 0.25) is 0 Å². The summed E-state index contributed by atoms with van der Waals surface area (Å²) in [6.07, 6.45) is 8.18. The molecule has 2 bridgehead atoms. The smallest absolute Gasteiger partial charge is 0.327 e. The molecule has 0 amide bonds. The maximum Gasteiger partial charge on any atom is 0.327 e. The Labute approximate surface area is 113 Å². The van der Waals surface area contributed by atoms with Crippen molar-refractivity contribution in [3.8, 4) is 0 Å². The number of aliphatic carboxylic acids is 1. The zero-order valence-corrected chi connectivity index (χ0v) is 11.1. The average Bonchev–Trinajstić information content (AvgIpc) is 3.04. The first-order valence-electron chi connectivity index (χ1n) is 7.23. The first kappa shape index (κ1) is 13.1. The molecule has 0 aromatic heterocycles. The van der Waals surface area contributed by atoms with E-state index >= 15 is 0 Å². The highest BCUT2D eigenvalue weighted by Gasteiger charge is 2.69. The summed E-state index contributed by atoms with van der Waals surface area (Å²) in [5, 5.41) is 28.7. The van der Waals surface area contributed by atoms with E-state index in [9.17, 15) is 15.0 Å². The van der Waals surface area contributed by atoms with Crippen molar-refractivity contribution in [3.63, 3.8) is 0 Å². The summed E-state index contributed by atoms with van der Waals surface area (Å²) in [5.74, 6) is 0.253. The molecule has 0 aromatic rings. The topological polar surface area (TPSA) is 77.8 Å². The van der Waals surface area contributed by atoms with E-state index in [2.05, 4.69) is 0 Å². The van der Waals surface area contributed by atoms with E-state index in [0.29, 0.717) is 11.8 Å². The lowest BCUT2D eigenvalue weighted by Gasteiger charge is -2.49. The Bertz CT molecular complexity index is 418. The van der Waals surface area contributed by atoms with E-state index in [4.69, 9.17) is 5.11 Å². The predicted molar refractivity (Wildman–Crippen MR) is 69.4 cm³/mol. The number of hydrogen-bond donors (Lipinski definition) is 3. The highest BCUT2D eigenvalue weighted by atomic mass is 16.4. The fourth-order valence-electron chi connectivity index (χ4n) is 5.71. The number of carbonyl (C=O) groups is 1. The van der Waals surface area contributed by atoms with Gasteiger partial charge in [0.1, 0.15) is 0 Å². The number of allylic oxidation sites excluding steroid dienone is 1. The molecule has 106 valence electrons. The zero-order chi connectivity index (χ0) is 13.7. The summed E-state index contributed by atoms with van der Waals surface area (Å²) in [6, 6.07) is 0. The Kier molecular flexibility index (Phi) is 2.98. The van der Waals surface area contributed by atoms with Crippen molar-refractivity contribution in [1.29, 1.82) is 0 Å². The zero-order valence-electron chi connectivity index (χ0n) is 11.1. The van der Waals surface area contributed by atoms with Gasteiger partial charge < -0.3 is 15.3 Å². The predicted octanol–water partition coefficient (Wildman–Crippen LogP) is 1.42. The van der Waals surface area contributed by atoms with Crippen LogP contribution in [0.3, 0.4) is 0 Å². The van der Waals surface area contributed by atoms with Gasteiger partial charge in [0.2, 0.25) is 0 Å². The molecule has 3 fully saturated rings. The Morgan fingerprint density at radius 2 is 2.05 bits per heavy atom. The van der Waals surface area contributed by atoms with E-state index in [0.717, 1.165) is 32.1 Å². The van der Waals surface area contributed by atoms with Gasteiger partial charge in [-0.25, -0.2) is 4.79 Å². The van der Waals surface area contributed by atoms with Gasteiger partial charge in [-0.2, -0.15) is 0 Å². The van der Waals surface area contributed by atoms with Gasteiger partial charge in [0.05, 0.1) is 6.61 Å². The first-order valence-corrected chi connectivity index (χ1v) is 7.23. The SMILES string of the molecule is O=C(O)C=CC12CCC(C1)C1CCC(CO)C12CO. The van der Waals surface area contributed by atoms with Crippen molar-refractivity contribution in [2.45, 2.75) is 32.1 Å². The van der Waals surface area contributed by atoms with Crippen LogP contribution >= 0.6 is 0 Å². The Balaban J connectivity index is 2.04. The van der Waals surface area contributed by atoms with Gasteiger partial charge in [-0.15, -0.1) is 0 Å². The van der Waals surface area contributed by atoms with Gasteiger partial charge in [0, 0.05) is 18.1 Å². The Hall–Kier alpha value is -0.870. The number of aliphatic hydroxyl groups is 2. The normalized spacial score (nSPS) is 48.0. The first-order chi connectivity index (χ1) is 9.09. The van der Waals surface area contributed by atoms with Gasteiger partial charge in [0.15, 0.2) is 0 Å². The lowest BCUT2D eigenvalue weighted by molar-refractivity contribution is -0.131. The van der Waals surface area contributed by atoms with E-state index in [1.54, 1.807) is 0 Å². The highest BCUT2D eigenvalue weighted by molar-refractivity contribution is 5.80. The Morgan fingerprint density at radius 3 is 2.68 bits per heavy atom. The second-order valence-corrected chi connectivity index (χ2v) is 6.59. The van der Waals surface area contributed by atoms with Gasteiger partial charge in [-0.05, 0) is 55.3 Å². The number of carboxylic acids is 1. The van der Waals surface area contributed by atoms with Crippen LogP contribution in [0.5, 0.6) is 0 Å². The average molecular weight is 266 g/mol. The molecule has 0 spiro atoms. The number of hydrogen-bond acceptors (Lipinski definition) is 3. The van der Waals surface area contributed by atoms with E-state index in [1.807, 2.05) is 6.08 Å². The molecule has 3 aliphatic carbocycles. The van der Waals surface area contributed by atoms with Crippen LogP contribution in [0, 0.1) is 28.6 Å². The van der Waals surface area contributed by atoms with Crippen LogP contribution in [0.1, 0.15) is 32.1 Å². The molecule has 0 heterocycles. The lowest BCUT2D eigenvalue weighted by atomic mass is 9.56. The summed E-state index contributed by atoms with van der Waals surface area (Å²) in [5.41, 5.74) is -0.490. The second kappa shape index (κ2) is 4.32. The summed E-state index contributed by atoms with van der Waals surface area (Å²) in [7, 11) is 0. The van der Waals surface area contributed by atoms with Crippen molar-refractivity contribution < 1.29 is 20.1 Å².